The van der Waals surface area contributed by atoms with Gasteiger partial charge < -0.3 is 5.11 Å². The van der Waals surface area contributed by atoms with Gasteiger partial charge in [-0.05, 0) is 30.5 Å². The highest BCUT2D eigenvalue weighted by Gasteiger charge is 2.03. The molecule has 1 unspecified atom stereocenters. The lowest BCUT2D eigenvalue weighted by Gasteiger charge is -2.07. The summed E-state index contributed by atoms with van der Waals surface area (Å²) in [6.45, 7) is 3.95. The van der Waals surface area contributed by atoms with E-state index in [1.54, 1.807) is 12.1 Å². The smallest absolute Gasteiger partial charge is 0.115 e. The van der Waals surface area contributed by atoms with Crippen molar-refractivity contribution >= 4 is 0 Å². The normalized spacial score (nSPS) is 11.5. The van der Waals surface area contributed by atoms with Gasteiger partial charge in [0.25, 0.3) is 0 Å². The number of phenols is 1. The minimum absolute atomic E-state index is 0.328. The first kappa shape index (κ1) is 9.67. The van der Waals surface area contributed by atoms with Crippen LogP contribution in [0.4, 0.5) is 0 Å². The maximum atomic E-state index is 9.25. The van der Waals surface area contributed by atoms with E-state index in [2.05, 4.69) is 18.8 Å². The van der Waals surface area contributed by atoms with Crippen LogP contribution < -0.4 is 0 Å². The van der Waals surface area contributed by atoms with Crippen LogP contribution in [0.3, 0.4) is 0 Å². The van der Waals surface area contributed by atoms with Crippen molar-refractivity contribution in [3.8, 4) is 17.6 Å². The zero-order chi connectivity index (χ0) is 9.68. The van der Waals surface area contributed by atoms with Gasteiger partial charge >= 0.3 is 0 Å². The van der Waals surface area contributed by atoms with Gasteiger partial charge in [0.05, 0.1) is 0 Å². The maximum absolute atomic E-state index is 9.25. The van der Waals surface area contributed by atoms with Crippen molar-refractivity contribution < 1.29 is 5.11 Å². The van der Waals surface area contributed by atoms with Gasteiger partial charge in [-0.2, -0.15) is 0 Å². The van der Waals surface area contributed by atoms with Gasteiger partial charge in [0.2, 0.25) is 0 Å². The highest BCUT2D eigenvalue weighted by atomic mass is 16.3. The van der Waals surface area contributed by atoms with Crippen LogP contribution in [0, 0.1) is 11.8 Å². The molecule has 0 aliphatic rings. The Bertz CT molecular complexity index is 330. The first-order chi connectivity index (χ1) is 6.24. The molecule has 0 amide bonds. The summed E-state index contributed by atoms with van der Waals surface area (Å²) >= 11 is 0. The minimum atomic E-state index is 0.328. The van der Waals surface area contributed by atoms with E-state index in [4.69, 9.17) is 0 Å². The molecule has 0 aliphatic heterocycles. The minimum Gasteiger partial charge on any atom is -0.508 e. The van der Waals surface area contributed by atoms with Gasteiger partial charge in [-0.15, -0.1) is 11.8 Å². The molecule has 0 heterocycles. The van der Waals surface area contributed by atoms with Gasteiger partial charge in [-0.1, -0.05) is 19.1 Å². The van der Waals surface area contributed by atoms with Crippen LogP contribution in [0.5, 0.6) is 5.75 Å². The van der Waals surface area contributed by atoms with Crippen molar-refractivity contribution in [3.05, 3.63) is 29.8 Å². The van der Waals surface area contributed by atoms with Crippen LogP contribution in [-0.4, -0.2) is 5.11 Å². The summed E-state index contributed by atoms with van der Waals surface area (Å²) in [6.07, 6.45) is 0.847. The SMILES string of the molecule is CC#CCC(C)c1cccc(O)c1. The molecular weight excluding hydrogens is 160 g/mol. The van der Waals surface area contributed by atoms with E-state index < -0.39 is 0 Å². The fraction of sp³-hybridized carbons (Fsp3) is 0.333. The second-order valence-corrected chi connectivity index (χ2v) is 3.13. The second kappa shape index (κ2) is 4.57. The molecule has 68 valence electrons. The van der Waals surface area contributed by atoms with Crippen LogP contribution in [-0.2, 0) is 0 Å². The highest BCUT2D eigenvalue weighted by molar-refractivity contribution is 5.30. The van der Waals surface area contributed by atoms with Crippen LogP contribution in [0.25, 0.3) is 0 Å². The van der Waals surface area contributed by atoms with Gasteiger partial charge in [0.1, 0.15) is 5.75 Å². The maximum Gasteiger partial charge on any atom is 0.115 e. The number of benzene rings is 1. The fourth-order valence-electron chi connectivity index (χ4n) is 1.20. The molecule has 1 aromatic rings. The zero-order valence-electron chi connectivity index (χ0n) is 8.04. The lowest BCUT2D eigenvalue weighted by molar-refractivity contribution is 0.474. The predicted octanol–water partition coefficient (Wildman–Crippen LogP) is 2.91. The van der Waals surface area contributed by atoms with E-state index in [9.17, 15) is 5.11 Å². The first-order valence-electron chi connectivity index (χ1n) is 4.42. The summed E-state index contributed by atoms with van der Waals surface area (Å²) in [5, 5.41) is 9.25. The fourth-order valence-corrected chi connectivity index (χ4v) is 1.20. The summed E-state index contributed by atoms with van der Waals surface area (Å²) in [7, 11) is 0. The van der Waals surface area contributed by atoms with Gasteiger partial charge in [-0.25, -0.2) is 0 Å². The van der Waals surface area contributed by atoms with E-state index in [-0.39, 0.29) is 0 Å². The molecule has 1 heteroatoms. The molecular formula is C12H14O. The molecule has 0 saturated carbocycles. The second-order valence-electron chi connectivity index (χ2n) is 3.13. The van der Waals surface area contributed by atoms with E-state index in [1.807, 2.05) is 19.1 Å². The Labute approximate surface area is 79.4 Å². The van der Waals surface area contributed by atoms with Crippen molar-refractivity contribution in [2.45, 2.75) is 26.2 Å². The third kappa shape index (κ3) is 2.83. The van der Waals surface area contributed by atoms with Crippen molar-refractivity contribution in [2.75, 3.05) is 0 Å². The zero-order valence-corrected chi connectivity index (χ0v) is 8.04. The molecule has 0 aromatic heterocycles. The molecule has 0 fully saturated rings. The molecule has 0 spiro atoms. The molecule has 1 nitrogen and oxygen atoms in total. The van der Waals surface area contributed by atoms with E-state index in [1.165, 1.54) is 0 Å². The van der Waals surface area contributed by atoms with Crippen molar-refractivity contribution in [2.24, 2.45) is 0 Å². The molecule has 0 aliphatic carbocycles. The molecule has 1 rings (SSSR count). The monoisotopic (exact) mass is 174 g/mol. The summed E-state index contributed by atoms with van der Waals surface area (Å²) in [5.74, 6) is 6.62. The Morgan fingerprint density at radius 3 is 2.85 bits per heavy atom. The highest BCUT2D eigenvalue weighted by Crippen LogP contribution is 2.21. The third-order valence-corrected chi connectivity index (χ3v) is 2.02. The van der Waals surface area contributed by atoms with Gasteiger partial charge in [0, 0.05) is 6.42 Å². The van der Waals surface area contributed by atoms with E-state index in [0.717, 1.165) is 12.0 Å². The number of rotatable bonds is 2. The van der Waals surface area contributed by atoms with Crippen LogP contribution in [0.15, 0.2) is 24.3 Å². The van der Waals surface area contributed by atoms with Crippen molar-refractivity contribution in [3.63, 3.8) is 0 Å². The third-order valence-electron chi connectivity index (χ3n) is 2.02. The lowest BCUT2D eigenvalue weighted by atomic mass is 9.98. The quantitative estimate of drug-likeness (QED) is 0.683. The van der Waals surface area contributed by atoms with Crippen LogP contribution >= 0.6 is 0 Å². The molecule has 1 N–H and O–H groups in total. The molecule has 0 radical (unpaired) electrons. The number of phenolic OH excluding ortho intramolecular Hbond substituents is 1. The lowest BCUT2D eigenvalue weighted by Crippen LogP contribution is -1.90. The Morgan fingerprint density at radius 2 is 2.23 bits per heavy atom. The Morgan fingerprint density at radius 1 is 1.46 bits per heavy atom. The predicted molar refractivity (Wildman–Crippen MR) is 54.6 cm³/mol. The standard InChI is InChI=1S/C12H14O/c1-3-4-6-10(2)11-7-5-8-12(13)9-11/h5,7-10,13H,6H2,1-2H3. The molecule has 1 aromatic carbocycles. The van der Waals surface area contributed by atoms with E-state index >= 15 is 0 Å². The Hall–Kier alpha value is -1.42. The summed E-state index contributed by atoms with van der Waals surface area (Å²) in [5.41, 5.74) is 1.14. The van der Waals surface area contributed by atoms with Gasteiger partial charge in [0.15, 0.2) is 0 Å². The Kier molecular flexibility index (Phi) is 3.40. The topological polar surface area (TPSA) is 20.2 Å². The van der Waals surface area contributed by atoms with Crippen molar-refractivity contribution in [1.82, 2.24) is 0 Å². The van der Waals surface area contributed by atoms with E-state index in [0.29, 0.717) is 11.7 Å². The van der Waals surface area contributed by atoms with Crippen molar-refractivity contribution in [1.29, 1.82) is 0 Å². The largest absolute Gasteiger partial charge is 0.508 e. The molecule has 0 saturated heterocycles. The first-order valence-corrected chi connectivity index (χ1v) is 4.42. The average Bonchev–Trinajstić information content (AvgIpc) is 2.14. The summed E-state index contributed by atoms with van der Waals surface area (Å²) in [4.78, 5) is 0. The number of hydrogen-bond donors (Lipinski definition) is 1. The Balaban J connectivity index is 2.74. The van der Waals surface area contributed by atoms with Crippen LogP contribution in [0.2, 0.25) is 0 Å². The molecule has 13 heavy (non-hydrogen) atoms. The summed E-state index contributed by atoms with van der Waals surface area (Å²) < 4.78 is 0. The molecule has 1 atom stereocenters. The van der Waals surface area contributed by atoms with Crippen LogP contribution in [0.1, 0.15) is 31.7 Å². The average molecular weight is 174 g/mol. The number of hydrogen-bond acceptors (Lipinski definition) is 1. The number of aromatic hydroxyl groups is 1. The molecule has 0 bridgehead atoms. The van der Waals surface area contributed by atoms with Gasteiger partial charge in [-0.3, -0.25) is 0 Å². The summed E-state index contributed by atoms with van der Waals surface area (Å²) in [6, 6.07) is 7.35.